The Morgan fingerprint density at radius 1 is 1.35 bits per heavy atom. The average Bonchev–Trinajstić information content (AvgIpc) is 2.77. The fraction of sp³-hybridized carbons (Fsp3) is 0.500. The fourth-order valence-electron chi connectivity index (χ4n) is 2.99. The molecule has 1 aliphatic heterocycles. The zero-order chi connectivity index (χ0) is 13.2. The predicted molar refractivity (Wildman–Crippen MR) is 85.6 cm³/mol. The second-order valence-corrected chi connectivity index (χ2v) is 5.44. The van der Waals surface area contributed by atoms with E-state index in [1.807, 2.05) is 6.07 Å². The van der Waals surface area contributed by atoms with Crippen LogP contribution in [0.15, 0.2) is 28.7 Å². The molecule has 0 saturated carbocycles. The SMILES string of the molecule is CCc1oc2ccccc2c1CN1CCN[C@@H](C)C1.Cl. The van der Waals surface area contributed by atoms with Crippen LogP contribution in [-0.2, 0) is 13.0 Å². The van der Waals surface area contributed by atoms with Crippen molar-refractivity contribution in [1.82, 2.24) is 10.2 Å². The normalized spacial score (nSPS) is 20.0. The van der Waals surface area contributed by atoms with Crippen molar-refractivity contribution < 1.29 is 4.42 Å². The highest BCUT2D eigenvalue weighted by Gasteiger charge is 2.19. The van der Waals surface area contributed by atoms with Gasteiger partial charge in [-0.25, -0.2) is 0 Å². The Hall–Kier alpha value is -1.03. The van der Waals surface area contributed by atoms with Gasteiger partial charge in [-0.3, -0.25) is 4.90 Å². The highest BCUT2D eigenvalue weighted by atomic mass is 35.5. The largest absolute Gasteiger partial charge is 0.461 e. The van der Waals surface area contributed by atoms with Crippen LogP contribution in [0.4, 0.5) is 0 Å². The van der Waals surface area contributed by atoms with Gasteiger partial charge in [0.15, 0.2) is 0 Å². The van der Waals surface area contributed by atoms with Gasteiger partial charge in [-0.2, -0.15) is 0 Å². The second kappa shape index (κ2) is 6.61. The summed E-state index contributed by atoms with van der Waals surface area (Å²) in [5.74, 6) is 1.15. The van der Waals surface area contributed by atoms with Crippen LogP contribution < -0.4 is 5.32 Å². The maximum Gasteiger partial charge on any atom is 0.134 e. The summed E-state index contributed by atoms with van der Waals surface area (Å²) in [5.41, 5.74) is 2.41. The minimum atomic E-state index is 0. The van der Waals surface area contributed by atoms with E-state index in [0.29, 0.717) is 6.04 Å². The van der Waals surface area contributed by atoms with E-state index in [0.717, 1.165) is 43.9 Å². The number of nitrogens with one attached hydrogen (secondary N) is 1. The summed E-state index contributed by atoms with van der Waals surface area (Å²) in [5, 5.41) is 4.78. The third kappa shape index (κ3) is 3.00. The zero-order valence-electron chi connectivity index (χ0n) is 12.2. The molecule has 1 aliphatic rings. The summed E-state index contributed by atoms with van der Waals surface area (Å²) in [7, 11) is 0. The van der Waals surface area contributed by atoms with Crippen LogP contribution in [0.2, 0.25) is 0 Å². The summed E-state index contributed by atoms with van der Waals surface area (Å²) < 4.78 is 5.97. The van der Waals surface area contributed by atoms with E-state index in [-0.39, 0.29) is 12.4 Å². The molecule has 4 heteroatoms. The number of benzene rings is 1. The van der Waals surface area contributed by atoms with E-state index in [1.165, 1.54) is 10.9 Å². The molecule has 1 aromatic carbocycles. The standard InChI is InChI=1S/C16H22N2O.ClH/c1-3-15-14(11-18-9-8-17-12(2)10-18)13-6-4-5-7-16(13)19-15;/h4-7,12,17H,3,8-11H2,1-2H3;1H/t12-;/m0./s1. The zero-order valence-corrected chi connectivity index (χ0v) is 13.0. The Labute approximate surface area is 126 Å². The summed E-state index contributed by atoms with van der Waals surface area (Å²) in [6.45, 7) is 8.74. The minimum Gasteiger partial charge on any atom is -0.461 e. The molecule has 3 nitrogen and oxygen atoms in total. The van der Waals surface area contributed by atoms with Crippen molar-refractivity contribution >= 4 is 23.4 Å². The first-order valence-corrected chi connectivity index (χ1v) is 7.23. The van der Waals surface area contributed by atoms with Crippen molar-refractivity contribution in [2.75, 3.05) is 19.6 Å². The lowest BCUT2D eigenvalue weighted by molar-refractivity contribution is 0.199. The lowest BCUT2D eigenvalue weighted by Gasteiger charge is -2.31. The molecule has 1 atom stereocenters. The lowest BCUT2D eigenvalue weighted by atomic mass is 10.1. The minimum absolute atomic E-state index is 0. The molecule has 0 unspecified atom stereocenters. The van der Waals surface area contributed by atoms with Crippen molar-refractivity contribution in [3.63, 3.8) is 0 Å². The van der Waals surface area contributed by atoms with Crippen molar-refractivity contribution in [3.05, 3.63) is 35.6 Å². The average molecular weight is 295 g/mol. The van der Waals surface area contributed by atoms with Crippen molar-refractivity contribution in [2.24, 2.45) is 0 Å². The van der Waals surface area contributed by atoms with Crippen LogP contribution in [0.3, 0.4) is 0 Å². The highest BCUT2D eigenvalue weighted by Crippen LogP contribution is 2.27. The number of halogens is 1. The third-order valence-corrected chi connectivity index (χ3v) is 3.94. The summed E-state index contributed by atoms with van der Waals surface area (Å²) in [4.78, 5) is 2.53. The first-order chi connectivity index (χ1) is 9.28. The Bertz CT molecular complexity index is 567. The smallest absolute Gasteiger partial charge is 0.134 e. The molecule has 1 N–H and O–H groups in total. The van der Waals surface area contributed by atoms with Gasteiger partial charge in [0.25, 0.3) is 0 Å². The van der Waals surface area contributed by atoms with E-state index in [9.17, 15) is 0 Å². The van der Waals surface area contributed by atoms with E-state index < -0.39 is 0 Å². The Morgan fingerprint density at radius 3 is 2.90 bits per heavy atom. The Balaban J connectivity index is 0.00000147. The molecule has 0 bridgehead atoms. The van der Waals surface area contributed by atoms with Crippen LogP contribution in [0.1, 0.15) is 25.2 Å². The number of rotatable bonds is 3. The van der Waals surface area contributed by atoms with Crippen LogP contribution in [0.25, 0.3) is 11.0 Å². The van der Waals surface area contributed by atoms with Gasteiger partial charge in [0.1, 0.15) is 11.3 Å². The number of fused-ring (bicyclic) bond motifs is 1. The summed E-state index contributed by atoms with van der Waals surface area (Å²) >= 11 is 0. The molecule has 0 radical (unpaired) electrons. The molecule has 1 fully saturated rings. The van der Waals surface area contributed by atoms with Crippen molar-refractivity contribution in [2.45, 2.75) is 32.9 Å². The number of nitrogens with zero attached hydrogens (tertiary/aromatic N) is 1. The maximum absolute atomic E-state index is 5.97. The number of hydrogen-bond acceptors (Lipinski definition) is 3. The Morgan fingerprint density at radius 2 is 2.15 bits per heavy atom. The number of aryl methyl sites for hydroxylation is 1. The predicted octanol–water partition coefficient (Wildman–Crippen LogP) is 3.21. The van der Waals surface area contributed by atoms with E-state index in [2.05, 4.69) is 42.3 Å². The van der Waals surface area contributed by atoms with Gasteiger partial charge in [0, 0.05) is 49.6 Å². The molecule has 1 saturated heterocycles. The van der Waals surface area contributed by atoms with Gasteiger partial charge < -0.3 is 9.73 Å². The van der Waals surface area contributed by atoms with Crippen LogP contribution >= 0.6 is 12.4 Å². The molecule has 20 heavy (non-hydrogen) atoms. The Kier molecular flexibility index (Phi) is 5.08. The van der Waals surface area contributed by atoms with Gasteiger partial charge in [-0.1, -0.05) is 25.1 Å². The van der Waals surface area contributed by atoms with Crippen molar-refractivity contribution in [3.8, 4) is 0 Å². The summed E-state index contributed by atoms with van der Waals surface area (Å²) in [6.07, 6.45) is 0.964. The van der Waals surface area contributed by atoms with Gasteiger partial charge in [0.05, 0.1) is 0 Å². The second-order valence-electron chi connectivity index (χ2n) is 5.44. The van der Waals surface area contributed by atoms with E-state index >= 15 is 0 Å². The number of piperazine rings is 1. The molecule has 0 amide bonds. The van der Waals surface area contributed by atoms with Crippen LogP contribution in [0.5, 0.6) is 0 Å². The highest BCUT2D eigenvalue weighted by molar-refractivity contribution is 5.85. The first kappa shape index (κ1) is 15.4. The van der Waals surface area contributed by atoms with Gasteiger partial charge in [-0.15, -0.1) is 12.4 Å². The number of furan rings is 1. The molecule has 0 spiro atoms. The van der Waals surface area contributed by atoms with Gasteiger partial charge in [-0.05, 0) is 13.0 Å². The molecular formula is C16H23ClN2O. The molecular weight excluding hydrogens is 272 g/mol. The monoisotopic (exact) mass is 294 g/mol. The first-order valence-electron chi connectivity index (χ1n) is 7.23. The van der Waals surface area contributed by atoms with Crippen LogP contribution in [-0.4, -0.2) is 30.6 Å². The van der Waals surface area contributed by atoms with Crippen LogP contribution in [0, 0.1) is 0 Å². The molecule has 2 heterocycles. The third-order valence-electron chi connectivity index (χ3n) is 3.94. The molecule has 3 rings (SSSR count). The van der Waals surface area contributed by atoms with E-state index in [1.54, 1.807) is 0 Å². The lowest BCUT2D eigenvalue weighted by Crippen LogP contribution is -2.48. The van der Waals surface area contributed by atoms with Crippen molar-refractivity contribution in [1.29, 1.82) is 0 Å². The number of para-hydroxylation sites is 1. The van der Waals surface area contributed by atoms with Gasteiger partial charge >= 0.3 is 0 Å². The molecule has 110 valence electrons. The number of hydrogen-bond donors (Lipinski definition) is 1. The summed E-state index contributed by atoms with van der Waals surface area (Å²) in [6, 6.07) is 8.97. The molecule has 0 aliphatic carbocycles. The quantitative estimate of drug-likeness (QED) is 0.942. The van der Waals surface area contributed by atoms with E-state index in [4.69, 9.17) is 4.42 Å². The molecule has 1 aromatic heterocycles. The maximum atomic E-state index is 5.97. The molecule has 2 aromatic rings. The topological polar surface area (TPSA) is 28.4 Å². The fourth-order valence-corrected chi connectivity index (χ4v) is 2.99. The van der Waals surface area contributed by atoms with Gasteiger partial charge in [0.2, 0.25) is 0 Å².